The number of hydrogen-bond donors (Lipinski definition) is 2. The lowest BCUT2D eigenvalue weighted by Crippen LogP contribution is -2.50. The first kappa shape index (κ1) is 20.8. The molecule has 3 fully saturated rings. The summed E-state index contributed by atoms with van der Waals surface area (Å²) in [6, 6.07) is 5.05. The van der Waals surface area contributed by atoms with E-state index in [1.807, 2.05) is 0 Å². The maximum atomic E-state index is 12.7. The molecule has 0 saturated heterocycles. The average Bonchev–Trinajstić information content (AvgIpc) is 2.78. The van der Waals surface area contributed by atoms with E-state index < -0.39 is 11.4 Å². The van der Waals surface area contributed by atoms with Crippen molar-refractivity contribution in [3.8, 4) is 5.75 Å². The summed E-state index contributed by atoms with van der Waals surface area (Å²) in [4.78, 5) is 24.8. The van der Waals surface area contributed by atoms with Crippen LogP contribution in [0.4, 0.5) is 0 Å². The minimum atomic E-state index is -0.672. The first-order chi connectivity index (χ1) is 13.8. The number of ether oxygens (including phenoxy) is 1. The lowest BCUT2D eigenvalue weighted by molar-refractivity contribution is -0.152. The molecule has 3 aliphatic carbocycles. The molecule has 7 heteroatoms. The van der Waals surface area contributed by atoms with Gasteiger partial charge in [-0.25, -0.2) is 0 Å². The number of carbonyl (C=O) groups excluding carboxylic acids is 1. The number of hydrogen-bond acceptors (Lipinski definition) is 3. The number of benzene rings is 1. The van der Waals surface area contributed by atoms with E-state index in [4.69, 9.17) is 27.9 Å². The fraction of sp³-hybridized carbons (Fsp3) is 0.636. The Morgan fingerprint density at radius 2 is 2.10 bits per heavy atom. The molecule has 158 valence electrons. The zero-order valence-electron chi connectivity index (χ0n) is 16.4. The molecule has 29 heavy (non-hydrogen) atoms. The molecule has 3 saturated carbocycles. The van der Waals surface area contributed by atoms with Crippen molar-refractivity contribution >= 4 is 35.1 Å². The summed E-state index contributed by atoms with van der Waals surface area (Å²) in [6.45, 7) is 0.381. The summed E-state index contributed by atoms with van der Waals surface area (Å²) in [6.07, 6.45) is 7.04. The second-order valence-electron chi connectivity index (χ2n) is 9.09. The van der Waals surface area contributed by atoms with Gasteiger partial charge >= 0.3 is 5.97 Å². The lowest BCUT2D eigenvalue weighted by atomic mass is 9.74. The summed E-state index contributed by atoms with van der Waals surface area (Å²) < 4.78 is 5.65. The van der Waals surface area contributed by atoms with Gasteiger partial charge < -0.3 is 15.2 Å². The Morgan fingerprint density at radius 1 is 1.28 bits per heavy atom. The smallest absolute Gasteiger partial charge is 0.310 e. The van der Waals surface area contributed by atoms with Gasteiger partial charge in [0.2, 0.25) is 5.91 Å². The molecule has 3 bridgehead atoms. The van der Waals surface area contributed by atoms with Crippen LogP contribution in [0.1, 0.15) is 57.8 Å². The third-order valence-electron chi connectivity index (χ3n) is 7.14. The molecule has 0 heterocycles. The van der Waals surface area contributed by atoms with Crippen LogP contribution in [0.3, 0.4) is 0 Å². The summed E-state index contributed by atoms with van der Waals surface area (Å²) >= 11 is 12.0. The zero-order chi connectivity index (χ0) is 20.6. The molecule has 5 nitrogen and oxygen atoms in total. The molecule has 2 N–H and O–H groups in total. The highest BCUT2D eigenvalue weighted by atomic mass is 35.5. The number of carbonyl (C=O) groups is 2. The second-order valence-corrected chi connectivity index (χ2v) is 9.94. The van der Waals surface area contributed by atoms with Crippen LogP contribution >= 0.6 is 23.2 Å². The van der Waals surface area contributed by atoms with Crippen LogP contribution in [-0.4, -0.2) is 29.1 Å². The molecule has 0 aliphatic heterocycles. The largest absolute Gasteiger partial charge is 0.492 e. The van der Waals surface area contributed by atoms with Crippen molar-refractivity contribution < 1.29 is 19.4 Å². The van der Waals surface area contributed by atoms with E-state index >= 15 is 0 Å². The minimum absolute atomic E-state index is 0.0167. The van der Waals surface area contributed by atoms with Crippen molar-refractivity contribution in [3.05, 3.63) is 28.2 Å². The molecular formula is C22H27Cl2NO4. The summed E-state index contributed by atoms with van der Waals surface area (Å²) in [5, 5.41) is 14.2. The predicted octanol–water partition coefficient (Wildman–Crippen LogP) is 5.08. The van der Waals surface area contributed by atoms with Crippen LogP contribution in [0.25, 0.3) is 0 Å². The molecule has 3 aliphatic rings. The van der Waals surface area contributed by atoms with Crippen LogP contribution in [0.5, 0.6) is 5.75 Å². The van der Waals surface area contributed by atoms with E-state index in [0.717, 1.165) is 38.5 Å². The fourth-order valence-electron chi connectivity index (χ4n) is 6.08. The number of amides is 1. The van der Waals surface area contributed by atoms with Gasteiger partial charge in [-0.3, -0.25) is 9.59 Å². The number of carboxylic acid groups (broad SMARTS) is 1. The van der Waals surface area contributed by atoms with Gasteiger partial charge in [-0.2, -0.15) is 0 Å². The fourth-order valence-corrected chi connectivity index (χ4v) is 6.54. The average molecular weight is 440 g/mol. The van der Waals surface area contributed by atoms with Crippen molar-refractivity contribution in [2.24, 2.45) is 17.3 Å². The lowest BCUT2D eigenvalue weighted by Gasteiger charge is -2.38. The third kappa shape index (κ3) is 4.09. The zero-order valence-corrected chi connectivity index (χ0v) is 17.9. The molecule has 0 radical (unpaired) electrons. The Hall–Kier alpha value is -1.46. The van der Waals surface area contributed by atoms with Crippen LogP contribution in [0.15, 0.2) is 18.2 Å². The molecule has 1 aromatic carbocycles. The van der Waals surface area contributed by atoms with Gasteiger partial charge in [-0.15, -0.1) is 0 Å². The van der Waals surface area contributed by atoms with Gasteiger partial charge in [0, 0.05) is 17.0 Å². The first-order valence-electron chi connectivity index (χ1n) is 10.4. The SMILES string of the molecule is O=C(CCCOc1ccc(Cl)cc1Cl)NC12CC3CCCC(C(=O)O)(C1)C(C3)C2. The van der Waals surface area contributed by atoms with Crippen molar-refractivity contribution in [3.63, 3.8) is 0 Å². The van der Waals surface area contributed by atoms with Gasteiger partial charge in [0.15, 0.2) is 0 Å². The number of fused-ring (bicyclic) bond motifs is 2. The maximum Gasteiger partial charge on any atom is 0.310 e. The van der Waals surface area contributed by atoms with Crippen molar-refractivity contribution in [2.45, 2.75) is 63.3 Å². The Labute approximate surface area is 181 Å². The molecule has 1 amide bonds. The van der Waals surface area contributed by atoms with Gasteiger partial charge in [-0.05, 0) is 68.6 Å². The molecule has 0 aromatic heterocycles. The quantitative estimate of drug-likeness (QED) is 0.580. The Morgan fingerprint density at radius 3 is 2.86 bits per heavy atom. The number of carboxylic acids is 1. The van der Waals surface area contributed by atoms with E-state index in [1.54, 1.807) is 18.2 Å². The Bertz CT molecular complexity index is 816. The van der Waals surface area contributed by atoms with Crippen LogP contribution in [0.2, 0.25) is 10.0 Å². The maximum absolute atomic E-state index is 12.7. The van der Waals surface area contributed by atoms with Crippen molar-refractivity contribution in [2.75, 3.05) is 6.61 Å². The highest BCUT2D eigenvalue weighted by molar-refractivity contribution is 6.35. The minimum Gasteiger partial charge on any atom is -0.492 e. The van der Waals surface area contributed by atoms with E-state index in [0.29, 0.717) is 47.6 Å². The monoisotopic (exact) mass is 439 g/mol. The summed E-state index contributed by atoms with van der Waals surface area (Å²) in [5.74, 6) is 0.591. The Balaban J connectivity index is 1.32. The Kier molecular flexibility index (Phi) is 5.73. The summed E-state index contributed by atoms with van der Waals surface area (Å²) in [7, 11) is 0. The molecular weight excluding hydrogens is 413 g/mol. The van der Waals surface area contributed by atoms with E-state index in [9.17, 15) is 14.7 Å². The van der Waals surface area contributed by atoms with Crippen molar-refractivity contribution in [1.29, 1.82) is 0 Å². The third-order valence-corrected chi connectivity index (χ3v) is 7.67. The number of nitrogens with one attached hydrogen (secondary N) is 1. The van der Waals surface area contributed by atoms with Gasteiger partial charge in [0.05, 0.1) is 17.0 Å². The molecule has 4 rings (SSSR count). The van der Waals surface area contributed by atoms with Crippen LogP contribution in [-0.2, 0) is 9.59 Å². The first-order valence-corrected chi connectivity index (χ1v) is 11.2. The standard InChI is InChI=1S/C22H27Cl2NO4/c23-16-5-6-18(17(24)10-16)29-8-2-4-19(26)25-21-11-14-3-1-7-22(13-21,20(27)28)15(9-14)12-21/h5-6,10,14-15H,1-4,7-9,11-13H2,(H,25,26)(H,27,28). The topological polar surface area (TPSA) is 75.6 Å². The highest BCUT2D eigenvalue weighted by Crippen LogP contribution is 2.62. The van der Waals surface area contributed by atoms with E-state index in [1.165, 1.54) is 0 Å². The molecule has 0 spiro atoms. The van der Waals surface area contributed by atoms with Gasteiger partial charge in [0.1, 0.15) is 5.75 Å². The highest BCUT2D eigenvalue weighted by Gasteiger charge is 2.62. The number of aliphatic carboxylic acids is 1. The summed E-state index contributed by atoms with van der Waals surface area (Å²) in [5.41, 5.74) is -0.989. The normalized spacial score (nSPS) is 32.6. The molecule has 1 aromatic rings. The van der Waals surface area contributed by atoms with E-state index in [2.05, 4.69) is 5.32 Å². The van der Waals surface area contributed by atoms with Crippen molar-refractivity contribution in [1.82, 2.24) is 5.32 Å². The second kappa shape index (κ2) is 7.99. The van der Waals surface area contributed by atoms with Crippen LogP contribution in [0, 0.1) is 17.3 Å². The van der Waals surface area contributed by atoms with Crippen LogP contribution < -0.4 is 10.1 Å². The van der Waals surface area contributed by atoms with Gasteiger partial charge in [-0.1, -0.05) is 36.0 Å². The molecule has 4 unspecified atom stereocenters. The molecule has 4 atom stereocenters. The van der Waals surface area contributed by atoms with Gasteiger partial charge in [0.25, 0.3) is 0 Å². The number of halogens is 2. The van der Waals surface area contributed by atoms with E-state index in [-0.39, 0.29) is 17.4 Å². The number of rotatable bonds is 7. The predicted molar refractivity (Wildman–Crippen MR) is 111 cm³/mol.